The number of para-hydroxylation sites is 1. The first kappa shape index (κ1) is 20.1. The highest BCUT2D eigenvalue weighted by Gasteiger charge is 2.24. The SMILES string of the molecule is CCCN(CCC)c1nc(C)cc(C(=O)N2CCN(c3ccccc3)CC2)n1. The van der Waals surface area contributed by atoms with E-state index in [0.29, 0.717) is 24.7 Å². The molecule has 2 heterocycles. The summed E-state index contributed by atoms with van der Waals surface area (Å²) in [4.78, 5) is 28.7. The van der Waals surface area contributed by atoms with Gasteiger partial charge in [-0.25, -0.2) is 9.97 Å². The first-order valence-corrected chi connectivity index (χ1v) is 10.3. The molecule has 1 aromatic heterocycles. The van der Waals surface area contributed by atoms with Crippen LogP contribution in [0.2, 0.25) is 0 Å². The lowest BCUT2D eigenvalue weighted by Crippen LogP contribution is -2.49. The largest absolute Gasteiger partial charge is 0.368 e. The molecule has 0 spiro atoms. The van der Waals surface area contributed by atoms with E-state index in [1.54, 1.807) is 0 Å². The quantitative estimate of drug-likeness (QED) is 0.736. The summed E-state index contributed by atoms with van der Waals surface area (Å²) >= 11 is 0. The zero-order valence-electron chi connectivity index (χ0n) is 17.3. The Morgan fingerprint density at radius 2 is 1.64 bits per heavy atom. The maximum atomic E-state index is 13.1. The van der Waals surface area contributed by atoms with Crippen LogP contribution in [0.4, 0.5) is 11.6 Å². The van der Waals surface area contributed by atoms with Crippen molar-refractivity contribution >= 4 is 17.5 Å². The number of carbonyl (C=O) groups excluding carboxylic acids is 1. The Morgan fingerprint density at radius 1 is 1.00 bits per heavy atom. The molecule has 0 saturated carbocycles. The van der Waals surface area contributed by atoms with Gasteiger partial charge in [0.2, 0.25) is 5.95 Å². The van der Waals surface area contributed by atoms with Gasteiger partial charge in [0, 0.05) is 50.6 Å². The molecule has 1 amide bonds. The fourth-order valence-electron chi connectivity index (χ4n) is 3.62. The van der Waals surface area contributed by atoms with Crippen molar-refractivity contribution < 1.29 is 4.79 Å². The van der Waals surface area contributed by atoms with Crippen LogP contribution in [0.15, 0.2) is 36.4 Å². The molecular formula is C22H31N5O. The van der Waals surface area contributed by atoms with Crippen molar-refractivity contribution in [1.29, 1.82) is 0 Å². The number of amides is 1. The van der Waals surface area contributed by atoms with E-state index in [4.69, 9.17) is 0 Å². The summed E-state index contributed by atoms with van der Waals surface area (Å²) in [5.74, 6) is 0.683. The summed E-state index contributed by atoms with van der Waals surface area (Å²) in [5, 5.41) is 0. The predicted octanol–water partition coefficient (Wildman–Crippen LogP) is 3.37. The molecule has 0 N–H and O–H groups in total. The van der Waals surface area contributed by atoms with Crippen molar-refractivity contribution in [2.45, 2.75) is 33.6 Å². The monoisotopic (exact) mass is 381 g/mol. The fourth-order valence-corrected chi connectivity index (χ4v) is 3.62. The van der Waals surface area contributed by atoms with Gasteiger partial charge in [-0.05, 0) is 38.0 Å². The van der Waals surface area contributed by atoms with Gasteiger partial charge in [0.05, 0.1) is 0 Å². The molecule has 6 nitrogen and oxygen atoms in total. The molecule has 1 saturated heterocycles. The first-order valence-electron chi connectivity index (χ1n) is 10.3. The summed E-state index contributed by atoms with van der Waals surface area (Å²) in [6.07, 6.45) is 2.06. The Bertz CT molecular complexity index is 766. The minimum Gasteiger partial charge on any atom is -0.368 e. The van der Waals surface area contributed by atoms with E-state index in [1.807, 2.05) is 24.0 Å². The number of piperazine rings is 1. The van der Waals surface area contributed by atoms with E-state index in [0.717, 1.165) is 44.7 Å². The number of hydrogen-bond acceptors (Lipinski definition) is 5. The third-order valence-electron chi connectivity index (χ3n) is 5.02. The molecular weight excluding hydrogens is 350 g/mol. The van der Waals surface area contributed by atoms with Crippen LogP contribution in [0.1, 0.15) is 42.9 Å². The normalized spacial score (nSPS) is 14.2. The average molecular weight is 382 g/mol. The van der Waals surface area contributed by atoms with Crippen molar-refractivity contribution in [3.8, 4) is 0 Å². The molecule has 0 aliphatic carbocycles. The van der Waals surface area contributed by atoms with Crippen LogP contribution < -0.4 is 9.80 Å². The second-order valence-corrected chi connectivity index (χ2v) is 7.30. The van der Waals surface area contributed by atoms with Crippen LogP contribution >= 0.6 is 0 Å². The maximum Gasteiger partial charge on any atom is 0.272 e. The van der Waals surface area contributed by atoms with Crippen molar-refractivity contribution in [3.63, 3.8) is 0 Å². The van der Waals surface area contributed by atoms with E-state index < -0.39 is 0 Å². The van der Waals surface area contributed by atoms with Crippen LogP contribution in [0, 0.1) is 6.92 Å². The van der Waals surface area contributed by atoms with E-state index in [-0.39, 0.29) is 5.91 Å². The highest BCUT2D eigenvalue weighted by molar-refractivity contribution is 5.93. The predicted molar refractivity (Wildman–Crippen MR) is 114 cm³/mol. The Balaban J connectivity index is 1.70. The molecule has 0 bridgehead atoms. The molecule has 1 aliphatic rings. The lowest BCUT2D eigenvalue weighted by Gasteiger charge is -2.36. The Hall–Kier alpha value is -2.63. The Labute approximate surface area is 168 Å². The molecule has 1 aliphatic heterocycles. The second kappa shape index (κ2) is 9.53. The summed E-state index contributed by atoms with van der Waals surface area (Å²) in [6, 6.07) is 12.2. The smallest absolute Gasteiger partial charge is 0.272 e. The Kier molecular flexibility index (Phi) is 6.85. The van der Waals surface area contributed by atoms with Crippen molar-refractivity contribution in [2.75, 3.05) is 49.1 Å². The molecule has 1 fully saturated rings. The van der Waals surface area contributed by atoms with Crippen molar-refractivity contribution in [2.24, 2.45) is 0 Å². The van der Waals surface area contributed by atoms with Gasteiger partial charge in [0.25, 0.3) is 5.91 Å². The van der Waals surface area contributed by atoms with E-state index in [1.165, 1.54) is 5.69 Å². The van der Waals surface area contributed by atoms with Crippen molar-refractivity contribution in [1.82, 2.24) is 14.9 Å². The molecule has 2 aromatic rings. The minimum atomic E-state index is 0.00686. The number of carbonyl (C=O) groups is 1. The molecule has 6 heteroatoms. The summed E-state index contributed by atoms with van der Waals surface area (Å²) in [5.41, 5.74) is 2.56. The zero-order chi connectivity index (χ0) is 19.9. The van der Waals surface area contributed by atoms with Gasteiger partial charge in [-0.15, -0.1) is 0 Å². The second-order valence-electron chi connectivity index (χ2n) is 7.30. The van der Waals surface area contributed by atoms with Crippen LogP contribution in [0.25, 0.3) is 0 Å². The molecule has 0 radical (unpaired) electrons. The molecule has 0 atom stereocenters. The maximum absolute atomic E-state index is 13.1. The number of rotatable bonds is 7. The molecule has 28 heavy (non-hydrogen) atoms. The van der Waals surface area contributed by atoms with Crippen molar-refractivity contribution in [3.05, 3.63) is 47.8 Å². The average Bonchev–Trinajstić information content (AvgIpc) is 2.73. The molecule has 150 valence electrons. The van der Waals surface area contributed by atoms with Gasteiger partial charge in [0.15, 0.2) is 0 Å². The standard InChI is InChI=1S/C22H31N5O/c1-4-11-27(12-5-2)22-23-18(3)17-20(24-22)21(28)26-15-13-25(14-16-26)19-9-7-6-8-10-19/h6-10,17H,4-5,11-16H2,1-3H3. The summed E-state index contributed by atoms with van der Waals surface area (Å²) in [6.45, 7) is 11.1. The van der Waals surface area contributed by atoms with Crippen LogP contribution in [-0.2, 0) is 0 Å². The van der Waals surface area contributed by atoms with E-state index in [9.17, 15) is 4.79 Å². The fraction of sp³-hybridized carbons (Fsp3) is 0.500. The highest BCUT2D eigenvalue weighted by Crippen LogP contribution is 2.18. The number of benzene rings is 1. The van der Waals surface area contributed by atoms with Crippen LogP contribution in [0.5, 0.6) is 0 Å². The molecule has 3 rings (SSSR count). The van der Waals surface area contributed by atoms with Crippen LogP contribution in [0.3, 0.4) is 0 Å². The Morgan fingerprint density at radius 3 is 2.25 bits per heavy atom. The lowest BCUT2D eigenvalue weighted by atomic mass is 10.2. The first-order chi connectivity index (χ1) is 13.6. The van der Waals surface area contributed by atoms with Gasteiger partial charge in [-0.1, -0.05) is 32.0 Å². The van der Waals surface area contributed by atoms with Gasteiger partial charge in [-0.3, -0.25) is 4.79 Å². The highest BCUT2D eigenvalue weighted by atomic mass is 16.2. The zero-order valence-corrected chi connectivity index (χ0v) is 17.3. The van der Waals surface area contributed by atoms with Gasteiger partial charge in [-0.2, -0.15) is 0 Å². The number of aromatic nitrogens is 2. The number of nitrogens with zero attached hydrogens (tertiary/aromatic N) is 5. The van der Waals surface area contributed by atoms with E-state index >= 15 is 0 Å². The van der Waals surface area contributed by atoms with Gasteiger partial charge < -0.3 is 14.7 Å². The van der Waals surface area contributed by atoms with Crippen LogP contribution in [-0.4, -0.2) is 60.0 Å². The number of anilines is 2. The van der Waals surface area contributed by atoms with E-state index in [2.05, 4.69) is 57.9 Å². The molecule has 0 unspecified atom stereocenters. The summed E-state index contributed by atoms with van der Waals surface area (Å²) in [7, 11) is 0. The number of hydrogen-bond donors (Lipinski definition) is 0. The molecule has 1 aromatic carbocycles. The lowest BCUT2D eigenvalue weighted by molar-refractivity contribution is 0.0740. The third-order valence-corrected chi connectivity index (χ3v) is 5.02. The summed E-state index contributed by atoms with van der Waals surface area (Å²) < 4.78 is 0. The van der Waals surface area contributed by atoms with Gasteiger partial charge >= 0.3 is 0 Å². The third kappa shape index (κ3) is 4.80. The number of aryl methyl sites for hydroxylation is 1. The topological polar surface area (TPSA) is 52.6 Å². The van der Waals surface area contributed by atoms with Gasteiger partial charge in [0.1, 0.15) is 5.69 Å². The minimum absolute atomic E-state index is 0.00686.